The van der Waals surface area contributed by atoms with E-state index in [0.29, 0.717) is 0 Å². The third-order valence-electron chi connectivity index (χ3n) is 3.50. The summed E-state index contributed by atoms with van der Waals surface area (Å²) < 4.78 is 1.71. The van der Waals surface area contributed by atoms with Crippen LogP contribution in [-0.2, 0) is 9.59 Å². The first kappa shape index (κ1) is 15.5. The largest absolute Gasteiger partial charge is 0.371 e. The predicted molar refractivity (Wildman–Crippen MR) is 85.5 cm³/mol. The lowest BCUT2D eigenvalue weighted by Gasteiger charge is -2.22. The molecule has 1 N–H and O–H groups in total. The molecule has 2 unspecified atom stereocenters. The van der Waals surface area contributed by atoms with Gasteiger partial charge in [-0.05, 0) is 57.3 Å². The molecule has 6 heteroatoms. The average molecular weight is 404 g/mol. The highest BCUT2D eigenvalue weighted by Gasteiger charge is 2.40. The number of nitrogens with one attached hydrogen (secondary N) is 1. The van der Waals surface area contributed by atoms with Crippen molar-refractivity contribution < 1.29 is 9.59 Å². The molecule has 1 heterocycles. The van der Waals surface area contributed by atoms with Gasteiger partial charge in [-0.2, -0.15) is 0 Å². The summed E-state index contributed by atoms with van der Waals surface area (Å²) in [4.78, 5) is 25.7. The van der Waals surface area contributed by atoms with Crippen molar-refractivity contribution in [2.75, 3.05) is 5.32 Å². The number of carbonyl (C=O) groups is 2. The van der Waals surface area contributed by atoms with E-state index in [9.17, 15) is 9.59 Å². The molecule has 0 aromatic heterocycles. The highest BCUT2D eigenvalue weighted by Crippen LogP contribution is 2.32. The van der Waals surface area contributed by atoms with Crippen molar-refractivity contribution in [1.29, 1.82) is 0 Å². The minimum absolute atomic E-state index is 0.0514. The van der Waals surface area contributed by atoms with Gasteiger partial charge in [0.15, 0.2) is 0 Å². The van der Waals surface area contributed by atoms with Crippen LogP contribution in [0.2, 0.25) is 0 Å². The second-order valence-electron chi connectivity index (χ2n) is 4.86. The van der Waals surface area contributed by atoms with E-state index in [2.05, 4.69) is 37.2 Å². The van der Waals surface area contributed by atoms with Crippen LogP contribution in [0.15, 0.2) is 27.1 Å². The SMILES string of the molecule is CCC(C)N1C(=O)CC(Nc2c(Br)cccc2Br)C1=O. The van der Waals surface area contributed by atoms with Gasteiger partial charge in [-0.25, -0.2) is 0 Å². The molecule has 1 aromatic carbocycles. The lowest BCUT2D eigenvalue weighted by molar-refractivity contribution is -0.140. The summed E-state index contributed by atoms with van der Waals surface area (Å²) >= 11 is 6.89. The highest BCUT2D eigenvalue weighted by atomic mass is 79.9. The van der Waals surface area contributed by atoms with Crippen molar-refractivity contribution in [3.8, 4) is 0 Å². The number of imide groups is 1. The van der Waals surface area contributed by atoms with Gasteiger partial charge in [-0.15, -0.1) is 0 Å². The van der Waals surface area contributed by atoms with Gasteiger partial charge in [0.05, 0.1) is 12.1 Å². The molecule has 0 saturated carbocycles. The van der Waals surface area contributed by atoms with Crippen molar-refractivity contribution in [3.05, 3.63) is 27.1 Å². The molecular formula is C14H16Br2N2O2. The van der Waals surface area contributed by atoms with Crippen LogP contribution in [0.3, 0.4) is 0 Å². The number of benzene rings is 1. The number of hydrogen-bond donors (Lipinski definition) is 1. The third kappa shape index (κ3) is 2.91. The maximum absolute atomic E-state index is 12.4. The van der Waals surface area contributed by atoms with Crippen LogP contribution in [0, 0.1) is 0 Å². The first-order valence-corrected chi connectivity index (χ1v) is 8.10. The number of likely N-dealkylation sites (tertiary alicyclic amines) is 1. The Balaban J connectivity index is 2.20. The molecule has 0 bridgehead atoms. The first-order valence-electron chi connectivity index (χ1n) is 6.52. The van der Waals surface area contributed by atoms with Crippen LogP contribution >= 0.6 is 31.9 Å². The molecule has 1 saturated heterocycles. The van der Waals surface area contributed by atoms with E-state index < -0.39 is 6.04 Å². The predicted octanol–water partition coefficient (Wildman–Crippen LogP) is 3.55. The van der Waals surface area contributed by atoms with Crippen LogP contribution in [0.4, 0.5) is 5.69 Å². The summed E-state index contributed by atoms with van der Waals surface area (Å²) in [6.45, 7) is 3.86. The Bertz CT molecular complexity index is 528. The topological polar surface area (TPSA) is 49.4 Å². The summed E-state index contributed by atoms with van der Waals surface area (Å²) in [5.74, 6) is -0.253. The zero-order valence-corrected chi connectivity index (χ0v) is 14.5. The van der Waals surface area contributed by atoms with Crippen molar-refractivity contribution >= 4 is 49.4 Å². The molecule has 1 aromatic rings. The lowest BCUT2D eigenvalue weighted by Crippen LogP contribution is -2.40. The maximum atomic E-state index is 12.4. The summed E-state index contributed by atoms with van der Waals surface area (Å²) in [5, 5.41) is 3.16. The molecule has 2 atom stereocenters. The number of anilines is 1. The van der Waals surface area contributed by atoms with Gasteiger partial charge in [0.1, 0.15) is 6.04 Å². The smallest absolute Gasteiger partial charge is 0.252 e. The first-order chi connectivity index (χ1) is 9.45. The van der Waals surface area contributed by atoms with Crippen LogP contribution < -0.4 is 5.32 Å². The number of hydrogen-bond acceptors (Lipinski definition) is 3. The fraction of sp³-hybridized carbons (Fsp3) is 0.429. The molecular weight excluding hydrogens is 388 g/mol. The van der Waals surface area contributed by atoms with Crippen molar-refractivity contribution in [2.45, 2.75) is 38.8 Å². The van der Waals surface area contributed by atoms with E-state index >= 15 is 0 Å². The van der Waals surface area contributed by atoms with Gasteiger partial charge >= 0.3 is 0 Å². The molecule has 4 nitrogen and oxygen atoms in total. The Hall–Kier alpha value is -0.880. The van der Waals surface area contributed by atoms with Crippen LogP contribution in [0.5, 0.6) is 0 Å². The monoisotopic (exact) mass is 402 g/mol. The molecule has 20 heavy (non-hydrogen) atoms. The molecule has 1 aliphatic rings. The normalized spacial score (nSPS) is 20.4. The zero-order chi connectivity index (χ0) is 14.9. The Morgan fingerprint density at radius 1 is 1.35 bits per heavy atom. The second kappa shape index (κ2) is 6.26. The van der Waals surface area contributed by atoms with Crippen molar-refractivity contribution in [2.24, 2.45) is 0 Å². The van der Waals surface area contributed by atoms with Crippen LogP contribution in [0.25, 0.3) is 0 Å². The molecule has 0 spiro atoms. The van der Waals surface area contributed by atoms with E-state index in [1.807, 2.05) is 32.0 Å². The second-order valence-corrected chi connectivity index (χ2v) is 6.57. The van der Waals surface area contributed by atoms with Gasteiger partial charge in [0, 0.05) is 15.0 Å². The number of para-hydroxylation sites is 1. The van der Waals surface area contributed by atoms with E-state index in [0.717, 1.165) is 21.1 Å². The highest BCUT2D eigenvalue weighted by molar-refractivity contribution is 9.11. The number of amides is 2. The van der Waals surface area contributed by atoms with Gasteiger partial charge in [-0.3, -0.25) is 14.5 Å². The Kier molecular flexibility index (Phi) is 4.86. The average Bonchev–Trinajstić information content (AvgIpc) is 2.68. The number of halogens is 2. The molecule has 2 rings (SSSR count). The third-order valence-corrected chi connectivity index (χ3v) is 4.82. The van der Waals surface area contributed by atoms with E-state index in [4.69, 9.17) is 0 Å². The quantitative estimate of drug-likeness (QED) is 0.782. The molecule has 2 amide bonds. The molecule has 108 valence electrons. The zero-order valence-electron chi connectivity index (χ0n) is 11.3. The van der Waals surface area contributed by atoms with Gasteiger partial charge in [0.25, 0.3) is 5.91 Å². The Labute approximate surface area is 135 Å². The summed E-state index contributed by atoms with van der Waals surface area (Å²) in [6, 6.07) is 5.13. The molecule has 0 radical (unpaired) electrons. The Morgan fingerprint density at radius 3 is 2.50 bits per heavy atom. The molecule has 1 aliphatic heterocycles. The number of rotatable bonds is 4. The number of nitrogens with zero attached hydrogens (tertiary/aromatic N) is 1. The fourth-order valence-electron chi connectivity index (χ4n) is 2.22. The number of carbonyl (C=O) groups excluding carboxylic acids is 2. The molecule has 1 fully saturated rings. The maximum Gasteiger partial charge on any atom is 0.252 e. The molecule has 0 aliphatic carbocycles. The lowest BCUT2D eigenvalue weighted by atomic mass is 10.2. The van der Waals surface area contributed by atoms with Crippen LogP contribution in [0.1, 0.15) is 26.7 Å². The minimum Gasteiger partial charge on any atom is -0.371 e. The summed E-state index contributed by atoms with van der Waals surface area (Å²) in [6.07, 6.45) is 0.972. The van der Waals surface area contributed by atoms with Gasteiger partial charge < -0.3 is 5.32 Å². The fourth-order valence-corrected chi connectivity index (χ4v) is 3.45. The van der Waals surface area contributed by atoms with Crippen LogP contribution in [-0.4, -0.2) is 28.8 Å². The van der Waals surface area contributed by atoms with E-state index in [1.54, 1.807) is 0 Å². The van der Waals surface area contributed by atoms with Crippen molar-refractivity contribution in [3.63, 3.8) is 0 Å². The summed E-state index contributed by atoms with van der Waals surface area (Å²) in [7, 11) is 0. The Morgan fingerprint density at radius 2 is 1.95 bits per heavy atom. The minimum atomic E-state index is -0.494. The van der Waals surface area contributed by atoms with Crippen molar-refractivity contribution in [1.82, 2.24) is 4.90 Å². The standard InChI is InChI=1S/C14H16Br2N2O2/c1-3-8(2)18-12(19)7-11(14(18)20)17-13-9(15)5-4-6-10(13)16/h4-6,8,11,17H,3,7H2,1-2H3. The van der Waals surface area contributed by atoms with E-state index in [1.165, 1.54) is 4.90 Å². The van der Waals surface area contributed by atoms with Gasteiger partial charge in [0.2, 0.25) is 5.91 Å². The van der Waals surface area contributed by atoms with Gasteiger partial charge in [-0.1, -0.05) is 13.0 Å². The van der Waals surface area contributed by atoms with E-state index in [-0.39, 0.29) is 24.3 Å². The summed E-state index contributed by atoms with van der Waals surface area (Å²) in [5.41, 5.74) is 0.796.